The van der Waals surface area contributed by atoms with Crippen LogP contribution in [0.4, 0.5) is 0 Å². The molecule has 0 aliphatic carbocycles. The van der Waals surface area contributed by atoms with Crippen LogP contribution < -0.4 is 5.32 Å². The lowest BCUT2D eigenvalue weighted by atomic mass is 10.2. The Kier molecular flexibility index (Phi) is 6.17. The zero-order valence-electron chi connectivity index (χ0n) is 9.48. The zero-order chi connectivity index (χ0) is 11.2. The van der Waals surface area contributed by atoms with Crippen LogP contribution in [-0.2, 0) is 0 Å². The van der Waals surface area contributed by atoms with Crippen LogP contribution in [0, 0.1) is 12.3 Å². The van der Waals surface area contributed by atoms with Crippen LogP contribution >= 0.6 is 28.7 Å². The van der Waals surface area contributed by atoms with Gasteiger partial charge < -0.3 is 5.32 Å². The Morgan fingerprint density at radius 1 is 1.41 bits per heavy atom. The molecule has 0 bridgehead atoms. The SMILES string of the molecule is Br.C#CCSc1ccccc1C1=NCCCN1. The standard InChI is InChI=1S/C13H14N2S.BrH/c1-2-10-16-12-7-4-3-6-11(12)13-14-8-5-9-15-13;/h1,3-4,6-7H,5,8-10H2,(H,14,15);1H. The van der Waals surface area contributed by atoms with Gasteiger partial charge >= 0.3 is 0 Å². The Morgan fingerprint density at radius 2 is 2.24 bits per heavy atom. The van der Waals surface area contributed by atoms with Gasteiger partial charge in [-0.1, -0.05) is 24.1 Å². The second kappa shape index (κ2) is 7.41. The molecule has 0 unspecified atom stereocenters. The Hall–Kier alpha value is -0.920. The van der Waals surface area contributed by atoms with Crippen molar-refractivity contribution in [2.75, 3.05) is 18.8 Å². The number of rotatable bonds is 3. The minimum Gasteiger partial charge on any atom is -0.370 e. The number of hydrogen-bond donors (Lipinski definition) is 1. The van der Waals surface area contributed by atoms with Crippen LogP contribution in [0.15, 0.2) is 34.2 Å². The van der Waals surface area contributed by atoms with Crippen molar-refractivity contribution >= 4 is 34.6 Å². The highest BCUT2D eigenvalue weighted by atomic mass is 79.9. The van der Waals surface area contributed by atoms with Gasteiger partial charge in [0.2, 0.25) is 0 Å². The summed E-state index contributed by atoms with van der Waals surface area (Å²) in [7, 11) is 0. The number of hydrogen-bond acceptors (Lipinski definition) is 3. The number of thioether (sulfide) groups is 1. The number of nitrogens with zero attached hydrogens (tertiary/aromatic N) is 1. The molecule has 2 rings (SSSR count). The number of benzene rings is 1. The van der Waals surface area contributed by atoms with Gasteiger partial charge in [-0.05, 0) is 12.5 Å². The molecule has 0 spiro atoms. The molecule has 1 aromatic rings. The van der Waals surface area contributed by atoms with E-state index in [9.17, 15) is 0 Å². The molecule has 0 fully saturated rings. The highest BCUT2D eigenvalue weighted by molar-refractivity contribution is 8.93. The van der Waals surface area contributed by atoms with E-state index in [4.69, 9.17) is 6.42 Å². The molecule has 0 aromatic heterocycles. The van der Waals surface area contributed by atoms with Crippen molar-refractivity contribution in [3.63, 3.8) is 0 Å². The Balaban J connectivity index is 0.00000144. The van der Waals surface area contributed by atoms with Crippen LogP contribution in [0.5, 0.6) is 0 Å². The lowest BCUT2D eigenvalue weighted by Crippen LogP contribution is -2.30. The highest BCUT2D eigenvalue weighted by Crippen LogP contribution is 2.22. The van der Waals surface area contributed by atoms with E-state index in [0.717, 1.165) is 25.3 Å². The summed E-state index contributed by atoms with van der Waals surface area (Å²) in [6.45, 7) is 1.92. The minimum atomic E-state index is 0. The molecular weight excluding hydrogens is 296 g/mol. The van der Waals surface area contributed by atoms with Crippen molar-refractivity contribution in [1.29, 1.82) is 0 Å². The highest BCUT2D eigenvalue weighted by Gasteiger charge is 2.10. The minimum absolute atomic E-state index is 0. The van der Waals surface area contributed by atoms with Crippen molar-refractivity contribution in [2.45, 2.75) is 11.3 Å². The molecule has 17 heavy (non-hydrogen) atoms. The largest absolute Gasteiger partial charge is 0.370 e. The predicted molar refractivity (Wildman–Crippen MR) is 80.3 cm³/mol. The van der Waals surface area contributed by atoms with Gasteiger partial charge in [-0.25, -0.2) is 0 Å². The van der Waals surface area contributed by atoms with E-state index in [2.05, 4.69) is 28.4 Å². The molecule has 90 valence electrons. The number of terminal acetylenes is 1. The molecule has 1 aromatic carbocycles. The van der Waals surface area contributed by atoms with Crippen molar-refractivity contribution in [1.82, 2.24) is 5.32 Å². The van der Waals surface area contributed by atoms with E-state index in [1.807, 2.05) is 12.1 Å². The second-order valence-corrected chi connectivity index (χ2v) is 4.52. The summed E-state index contributed by atoms with van der Waals surface area (Å²) in [5, 5.41) is 3.34. The first-order chi connectivity index (χ1) is 7.92. The molecule has 0 amide bonds. The molecule has 0 saturated heterocycles. The van der Waals surface area contributed by atoms with Gasteiger partial charge in [0.25, 0.3) is 0 Å². The third kappa shape index (κ3) is 3.79. The summed E-state index contributed by atoms with van der Waals surface area (Å²) in [5.74, 6) is 4.35. The van der Waals surface area contributed by atoms with Crippen molar-refractivity contribution < 1.29 is 0 Å². The third-order valence-corrected chi connectivity index (χ3v) is 3.33. The van der Waals surface area contributed by atoms with E-state index in [1.165, 1.54) is 10.5 Å². The quantitative estimate of drug-likeness (QED) is 0.686. The Morgan fingerprint density at radius 3 is 2.94 bits per heavy atom. The summed E-state index contributed by atoms with van der Waals surface area (Å²) in [5.41, 5.74) is 1.17. The predicted octanol–water partition coefficient (Wildman–Crippen LogP) is 2.73. The van der Waals surface area contributed by atoms with Crippen LogP contribution in [0.3, 0.4) is 0 Å². The zero-order valence-corrected chi connectivity index (χ0v) is 12.0. The molecule has 1 aliphatic heterocycles. The molecular formula is C13H15BrN2S. The van der Waals surface area contributed by atoms with Crippen molar-refractivity contribution in [3.05, 3.63) is 29.8 Å². The summed E-state index contributed by atoms with van der Waals surface area (Å²) in [4.78, 5) is 5.71. The smallest absolute Gasteiger partial charge is 0.129 e. The molecule has 2 nitrogen and oxygen atoms in total. The maximum Gasteiger partial charge on any atom is 0.129 e. The molecule has 4 heteroatoms. The molecule has 0 radical (unpaired) electrons. The number of amidine groups is 1. The Bertz CT molecular complexity index is 437. The van der Waals surface area contributed by atoms with Crippen LogP contribution in [0.1, 0.15) is 12.0 Å². The first-order valence-corrected chi connectivity index (χ1v) is 6.34. The van der Waals surface area contributed by atoms with Gasteiger partial charge in [0.15, 0.2) is 0 Å². The van der Waals surface area contributed by atoms with Crippen molar-refractivity contribution in [3.8, 4) is 12.3 Å². The second-order valence-electron chi connectivity index (χ2n) is 3.50. The lowest BCUT2D eigenvalue weighted by molar-refractivity contribution is 0.741. The van der Waals surface area contributed by atoms with E-state index < -0.39 is 0 Å². The van der Waals surface area contributed by atoms with Crippen LogP contribution in [-0.4, -0.2) is 24.7 Å². The van der Waals surface area contributed by atoms with E-state index in [1.54, 1.807) is 11.8 Å². The van der Waals surface area contributed by atoms with Crippen LogP contribution in [0.25, 0.3) is 0 Å². The first kappa shape index (κ1) is 14.1. The maximum absolute atomic E-state index is 5.29. The fourth-order valence-electron chi connectivity index (χ4n) is 1.62. The maximum atomic E-state index is 5.29. The topological polar surface area (TPSA) is 24.4 Å². The number of nitrogens with one attached hydrogen (secondary N) is 1. The van der Waals surface area contributed by atoms with Gasteiger partial charge in [-0.3, -0.25) is 4.99 Å². The summed E-state index contributed by atoms with van der Waals surface area (Å²) >= 11 is 1.68. The lowest BCUT2D eigenvalue weighted by Gasteiger charge is -2.16. The molecule has 1 heterocycles. The first-order valence-electron chi connectivity index (χ1n) is 5.36. The fourth-order valence-corrected chi connectivity index (χ4v) is 2.35. The number of aliphatic imine (C=N–C) groups is 1. The van der Waals surface area contributed by atoms with Gasteiger partial charge in [-0.2, -0.15) is 0 Å². The van der Waals surface area contributed by atoms with Gasteiger partial charge in [0.05, 0.1) is 5.75 Å². The average Bonchev–Trinajstić information content (AvgIpc) is 2.38. The average molecular weight is 311 g/mol. The van der Waals surface area contributed by atoms with Gasteiger partial charge in [0.1, 0.15) is 5.84 Å². The Labute approximate surface area is 117 Å². The van der Waals surface area contributed by atoms with Gasteiger partial charge in [0, 0.05) is 23.5 Å². The van der Waals surface area contributed by atoms with E-state index >= 15 is 0 Å². The van der Waals surface area contributed by atoms with Crippen LogP contribution in [0.2, 0.25) is 0 Å². The molecule has 0 saturated carbocycles. The summed E-state index contributed by atoms with van der Waals surface area (Å²) in [6, 6.07) is 8.26. The summed E-state index contributed by atoms with van der Waals surface area (Å²) in [6.07, 6.45) is 6.40. The normalized spacial score (nSPS) is 13.9. The number of halogens is 1. The van der Waals surface area contributed by atoms with E-state index in [-0.39, 0.29) is 17.0 Å². The van der Waals surface area contributed by atoms with Crippen molar-refractivity contribution in [2.24, 2.45) is 4.99 Å². The van der Waals surface area contributed by atoms with E-state index in [0.29, 0.717) is 5.75 Å². The fraction of sp³-hybridized carbons (Fsp3) is 0.308. The third-order valence-electron chi connectivity index (χ3n) is 2.35. The molecule has 0 atom stereocenters. The monoisotopic (exact) mass is 310 g/mol. The molecule has 1 aliphatic rings. The summed E-state index contributed by atoms with van der Waals surface area (Å²) < 4.78 is 0. The molecule has 1 N–H and O–H groups in total. The van der Waals surface area contributed by atoms with Gasteiger partial charge in [-0.15, -0.1) is 35.2 Å².